The lowest BCUT2D eigenvalue weighted by Gasteiger charge is -2.33. The van der Waals surface area contributed by atoms with Crippen molar-refractivity contribution >= 4 is 31.6 Å². The van der Waals surface area contributed by atoms with E-state index in [0.717, 1.165) is 0 Å². The fourth-order valence-corrected chi connectivity index (χ4v) is 6.97. The van der Waals surface area contributed by atoms with Crippen LogP contribution in [0.5, 0.6) is 11.5 Å². The monoisotopic (exact) mass is 488 g/mol. The molecule has 1 aliphatic heterocycles. The fourth-order valence-electron chi connectivity index (χ4n) is 3.45. The standard InChI is InChI=1S/C20H25ClN2O6S2/c1-14-12-19(15(2)11-17(14)21)30(24,25)22-7-9-23(10-8-22)31(26,27)20-13-16(28-3)5-6-18(20)29-4/h5-6,11-13H,7-10H2,1-4H3. The van der Waals surface area contributed by atoms with Crippen LogP contribution in [0.15, 0.2) is 40.1 Å². The van der Waals surface area contributed by atoms with Gasteiger partial charge in [-0.2, -0.15) is 8.61 Å². The minimum Gasteiger partial charge on any atom is -0.497 e. The number of ether oxygens (including phenoxy) is 2. The van der Waals surface area contributed by atoms with Gasteiger partial charge in [-0.05, 0) is 49.2 Å². The van der Waals surface area contributed by atoms with Crippen LogP contribution in [-0.4, -0.2) is 65.8 Å². The number of sulfonamides is 2. The third-order valence-electron chi connectivity index (χ3n) is 5.26. The van der Waals surface area contributed by atoms with Gasteiger partial charge in [0.05, 0.1) is 19.1 Å². The first-order valence-electron chi connectivity index (χ1n) is 9.51. The average Bonchev–Trinajstić information content (AvgIpc) is 2.75. The van der Waals surface area contributed by atoms with Gasteiger partial charge in [-0.25, -0.2) is 16.8 Å². The van der Waals surface area contributed by atoms with E-state index in [1.54, 1.807) is 32.0 Å². The van der Waals surface area contributed by atoms with E-state index in [4.69, 9.17) is 21.1 Å². The number of halogens is 1. The normalized spacial score (nSPS) is 16.3. The quantitative estimate of drug-likeness (QED) is 0.620. The highest BCUT2D eigenvalue weighted by Crippen LogP contribution is 2.32. The Hall–Kier alpha value is -1.85. The van der Waals surface area contributed by atoms with Gasteiger partial charge in [0.15, 0.2) is 0 Å². The number of hydrogen-bond donors (Lipinski definition) is 0. The summed E-state index contributed by atoms with van der Waals surface area (Å²) in [6.45, 7) is 3.55. The van der Waals surface area contributed by atoms with Crippen LogP contribution in [0.4, 0.5) is 0 Å². The molecule has 3 rings (SSSR count). The Bertz CT molecular complexity index is 1190. The van der Waals surface area contributed by atoms with Crippen LogP contribution in [0.2, 0.25) is 5.02 Å². The largest absolute Gasteiger partial charge is 0.497 e. The van der Waals surface area contributed by atoms with Crippen molar-refractivity contribution in [2.45, 2.75) is 23.6 Å². The van der Waals surface area contributed by atoms with Crippen LogP contribution in [0.1, 0.15) is 11.1 Å². The van der Waals surface area contributed by atoms with Crippen molar-refractivity contribution in [2.24, 2.45) is 0 Å². The van der Waals surface area contributed by atoms with Gasteiger partial charge in [0.25, 0.3) is 0 Å². The SMILES string of the molecule is COc1ccc(OC)c(S(=O)(=O)N2CCN(S(=O)(=O)c3cc(C)c(Cl)cc3C)CC2)c1. The van der Waals surface area contributed by atoms with Gasteiger partial charge in [-0.15, -0.1) is 0 Å². The Balaban J connectivity index is 1.85. The molecule has 0 atom stereocenters. The van der Waals surface area contributed by atoms with Crippen molar-refractivity contribution in [3.8, 4) is 11.5 Å². The number of piperazine rings is 1. The van der Waals surface area contributed by atoms with Crippen LogP contribution in [-0.2, 0) is 20.0 Å². The minimum atomic E-state index is -3.90. The summed E-state index contributed by atoms with van der Waals surface area (Å²) in [6, 6.07) is 7.71. The summed E-state index contributed by atoms with van der Waals surface area (Å²) in [5.41, 5.74) is 1.21. The van der Waals surface area contributed by atoms with Crippen LogP contribution < -0.4 is 9.47 Å². The van der Waals surface area contributed by atoms with E-state index in [2.05, 4.69) is 0 Å². The van der Waals surface area contributed by atoms with E-state index in [1.165, 1.54) is 35.0 Å². The maximum Gasteiger partial charge on any atom is 0.246 e. The van der Waals surface area contributed by atoms with Crippen LogP contribution in [0, 0.1) is 13.8 Å². The topological polar surface area (TPSA) is 93.2 Å². The van der Waals surface area contributed by atoms with Gasteiger partial charge < -0.3 is 9.47 Å². The fraction of sp³-hybridized carbons (Fsp3) is 0.400. The third kappa shape index (κ3) is 4.54. The predicted molar refractivity (Wildman–Crippen MR) is 118 cm³/mol. The van der Waals surface area contributed by atoms with Gasteiger partial charge in [-0.1, -0.05) is 11.6 Å². The van der Waals surface area contributed by atoms with Crippen LogP contribution >= 0.6 is 11.6 Å². The Morgan fingerprint density at radius 3 is 1.84 bits per heavy atom. The number of benzene rings is 2. The van der Waals surface area contributed by atoms with Crippen molar-refractivity contribution in [1.82, 2.24) is 8.61 Å². The first-order valence-corrected chi connectivity index (χ1v) is 12.8. The molecule has 0 bridgehead atoms. The summed E-state index contributed by atoms with van der Waals surface area (Å²) in [5.74, 6) is 0.581. The van der Waals surface area contributed by atoms with E-state index in [-0.39, 0.29) is 41.7 Å². The lowest BCUT2D eigenvalue weighted by molar-refractivity contribution is 0.271. The smallest absolute Gasteiger partial charge is 0.246 e. The maximum atomic E-state index is 13.2. The average molecular weight is 489 g/mol. The molecule has 2 aromatic carbocycles. The van der Waals surface area contributed by atoms with Crippen molar-refractivity contribution in [3.05, 3.63) is 46.5 Å². The molecular weight excluding hydrogens is 464 g/mol. The van der Waals surface area contributed by atoms with Gasteiger partial charge in [0, 0.05) is 37.3 Å². The Kier molecular flexibility index (Phi) is 6.87. The zero-order chi connectivity index (χ0) is 23.0. The lowest BCUT2D eigenvalue weighted by atomic mass is 10.2. The maximum absolute atomic E-state index is 13.2. The highest BCUT2D eigenvalue weighted by atomic mass is 35.5. The number of methoxy groups -OCH3 is 2. The summed E-state index contributed by atoms with van der Waals surface area (Å²) in [5, 5.41) is 0.500. The second kappa shape index (κ2) is 8.95. The molecule has 31 heavy (non-hydrogen) atoms. The summed E-state index contributed by atoms with van der Waals surface area (Å²) in [4.78, 5) is 0.162. The summed E-state index contributed by atoms with van der Waals surface area (Å²) in [7, 11) is -4.85. The molecule has 0 spiro atoms. The van der Waals surface area contributed by atoms with Crippen molar-refractivity contribution in [1.29, 1.82) is 0 Å². The number of rotatable bonds is 6. The molecule has 0 unspecified atom stereocenters. The molecule has 0 radical (unpaired) electrons. The first kappa shape index (κ1) is 23.8. The highest BCUT2D eigenvalue weighted by molar-refractivity contribution is 7.89. The molecule has 11 heteroatoms. The molecule has 170 valence electrons. The number of aryl methyl sites for hydroxylation is 2. The predicted octanol–water partition coefficient (Wildman–Crippen LogP) is 2.67. The molecule has 1 fully saturated rings. The number of hydrogen-bond acceptors (Lipinski definition) is 6. The number of nitrogens with zero attached hydrogens (tertiary/aromatic N) is 2. The molecule has 1 aliphatic rings. The van der Waals surface area contributed by atoms with E-state index in [9.17, 15) is 16.8 Å². The zero-order valence-corrected chi connectivity index (χ0v) is 20.1. The molecule has 0 N–H and O–H groups in total. The molecule has 8 nitrogen and oxygen atoms in total. The second-order valence-electron chi connectivity index (χ2n) is 7.19. The Labute approximate surface area is 188 Å². The van der Waals surface area contributed by atoms with E-state index in [0.29, 0.717) is 21.9 Å². The molecule has 0 aromatic heterocycles. The molecule has 0 aliphatic carbocycles. The van der Waals surface area contributed by atoms with E-state index < -0.39 is 20.0 Å². The Morgan fingerprint density at radius 1 is 0.774 bits per heavy atom. The molecule has 1 saturated heterocycles. The molecule has 0 saturated carbocycles. The van der Waals surface area contributed by atoms with Gasteiger partial charge >= 0.3 is 0 Å². The van der Waals surface area contributed by atoms with Crippen molar-refractivity contribution in [2.75, 3.05) is 40.4 Å². The molecule has 2 aromatic rings. The lowest BCUT2D eigenvalue weighted by Crippen LogP contribution is -2.50. The summed E-state index contributed by atoms with van der Waals surface area (Å²) >= 11 is 6.09. The third-order valence-corrected chi connectivity index (χ3v) is 9.63. The van der Waals surface area contributed by atoms with Crippen molar-refractivity contribution in [3.63, 3.8) is 0 Å². The van der Waals surface area contributed by atoms with Crippen LogP contribution in [0.25, 0.3) is 0 Å². The van der Waals surface area contributed by atoms with Gasteiger partial charge in [0.1, 0.15) is 16.4 Å². The summed E-state index contributed by atoms with van der Waals surface area (Å²) < 4.78 is 65.6. The van der Waals surface area contributed by atoms with Gasteiger partial charge in [0.2, 0.25) is 20.0 Å². The Morgan fingerprint density at radius 2 is 1.32 bits per heavy atom. The van der Waals surface area contributed by atoms with E-state index >= 15 is 0 Å². The second-order valence-corrected chi connectivity index (χ2v) is 11.4. The molecule has 1 heterocycles. The van der Waals surface area contributed by atoms with Crippen LogP contribution in [0.3, 0.4) is 0 Å². The highest BCUT2D eigenvalue weighted by Gasteiger charge is 2.36. The summed E-state index contributed by atoms with van der Waals surface area (Å²) in [6.07, 6.45) is 0. The van der Waals surface area contributed by atoms with Gasteiger partial charge in [-0.3, -0.25) is 0 Å². The molecular formula is C20H25ClN2O6S2. The molecule has 0 amide bonds. The zero-order valence-electron chi connectivity index (χ0n) is 17.8. The first-order chi connectivity index (χ1) is 14.5. The van der Waals surface area contributed by atoms with E-state index in [1.807, 2.05) is 0 Å². The van der Waals surface area contributed by atoms with Crippen molar-refractivity contribution < 1.29 is 26.3 Å². The minimum absolute atomic E-state index is 0.0187.